The highest BCUT2D eigenvalue weighted by Crippen LogP contribution is 2.25. The molecule has 3 aromatic heterocycles. The van der Waals surface area contributed by atoms with E-state index < -0.39 is 17.6 Å². The van der Waals surface area contributed by atoms with Gasteiger partial charge in [0.25, 0.3) is 5.56 Å². The van der Waals surface area contributed by atoms with E-state index in [1.807, 2.05) is 0 Å². The number of halogens is 2. The third-order valence-corrected chi connectivity index (χ3v) is 5.35. The van der Waals surface area contributed by atoms with Gasteiger partial charge in [0.05, 0.1) is 18.0 Å². The van der Waals surface area contributed by atoms with E-state index >= 15 is 0 Å². The zero-order valence-electron chi connectivity index (χ0n) is 20.4. The van der Waals surface area contributed by atoms with Crippen molar-refractivity contribution < 1.29 is 32.2 Å². The molecule has 0 aliphatic carbocycles. The number of fused-ring (bicyclic) bond motifs is 1. The molecule has 5 aromatic rings. The smallest absolute Gasteiger partial charge is 0.344 e. The van der Waals surface area contributed by atoms with E-state index in [0.29, 0.717) is 27.9 Å². The first-order valence-electron chi connectivity index (χ1n) is 11.3. The molecule has 38 heavy (non-hydrogen) atoms. The van der Waals surface area contributed by atoms with Crippen molar-refractivity contribution in [3.63, 3.8) is 0 Å². The summed E-state index contributed by atoms with van der Waals surface area (Å²) in [4.78, 5) is 35.7. The normalized spacial score (nSPS) is 10.7. The van der Waals surface area contributed by atoms with Crippen LogP contribution < -0.4 is 5.56 Å². The number of aromatic amines is 1. The molecular formula is C26H20F2N4O6. The maximum absolute atomic E-state index is 12.9. The fraction of sp³-hybridized carbons (Fsp3) is 0.154. The van der Waals surface area contributed by atoms with Crippen molar-refractivity contribution in [3.8, 4) is 11.3 Å². The molecule has 0 amide bonds. The van der Waals surface area contributed by atoms with Gasteiger partial charge in [-0.2, -0.15) is 5.10 Å². The number of H-pyrrole nitrogens is 1. The molecule has 0 saturated carbocycles. The number of aryl methyl sites for hydroxylation is 2. The Hall–Kier alpha value is -5.00. The molecule has 2 aromatic carbocycles. The number of nitrogens with zero attached hydrogens (tertiary/aromatic N) is 3. The molecule has 0 atom stereocenters. The molecule has 0 bridgehead atoms. The lowest BCUT2D eigenvalue weighted by Crippen LogP contribution is -2.11. The molecule has 0 fully saturated rings. The Morgan fingerprint density at radius 2 is 1.53 bits per heavy atom. The van der Waals surface area contributed by atoms with Gasteiger partial charge in [-0.25, -0.2) is 18.7 Å². The molecular weight excluding hydrogens is 502 g/mol. The van der Waals surface area contributed by atoms with Crippen LogP contribution in [0.25, 0.3) is 22.2 Å². The minimum atomic E-state index is -0.670. The number of carbonyl (C=O) groups excluding carboxylic acids is 2. The Bertz CT molecular complexity index is 1670. The molecule has 0 unspecified atom stereocenters. The largest absolute Gasteiger partial charge is 0.462 e. The predicted molar refractivity (Wildman–Crippen MR) is 130 cm³/mol. The average molecular weight is 522 g/mol. The molecule has 12 heteroatoms. The number of rotatable bonds is 5. The summed E-state index contributed by atoms with van der Waals surface area (Å²) >= 11 is 0. The van der Waals surface area contributed by atoms with Gasteiger partial charge in [0, 0.05) is 11.1 Å². The number of benzene rings is 2. The number of aromatic nitrogens is 4. The molecule has 194 valence electrons. The summed E-state index contributed by atoms with van der Waals surface area (Å²) in [7, 11) is 0. The van der Waals surface area contributed by atoms with Gasteiger partial charge in [-0.3, -0.25) is 9.59 Å². The molecule has 0 radical (unpaired) electrons. The van der Waals surface area contributed by atoms with Crippen LogP contribution in [0.5, 0.6) is 0 Å². The first-order valence-corrected chi connectivity index (χ1v) is 11.3. The van der Waals surface area contributed by atoms with Crippen LogP contribution in [0, 0.1) is 25.5 Å². The van der Waals surface area contributed by atoms with Crippen LogP contribution in [0.2, 0.25) is 0 Å². The van der Waals surface area contributed by atoms with Gasteiger partial charge in [-0.05, 0) is 69.3 Å². The second kappa shape index (κ2) is 10.9. The summed E-state index contributed by atoms with van der Waals surface area (Å²) in [6, 6.07) is 10.7. The summed E-state index contributed by atoms with van der Waals surface area (Å²) in [5.41, 5.74) is 2.01. The van der Waals surface area contributed by atoms with Gasteiger partial charge in [0.15, 0.2) is 0 Å². The number of nitrogens with one attached hydrogen (secondary N) is 1. The minimum absolute atomic E-state index is 0.00109. The van der Waals surface area contributed by atoms with Gasteiger partial charge in [-0.1, -0.05) is 10.3 Å². The summed E-state index contributed by atoms with van der Waals surface area (Å²) in [5, 5.41) is 14.0. The van der Waals surface area contributed by atoms with Crippen LogP contribution in [-0.4, -0.2) is 38.9 Å². The second-order valence-corrected chi connectivity index (χ2v) is 7.91. The molecule has 0 aliphatic heterocycles. The number of ketones is 1. The van der Waals surface area contributed by atoms with Crippen molar-refractivity contribution in [3.05, 3.63) is 98.8 Å². The lowest BCUT2D eigenvalue weighted by Gasteiger charge is -2.02. The van der Waals surface area contributed by atoms with Crippen LogP contribution in [0.4, 0.5) is 8.78 Å². The number of esters is 1. The SMILES string of the molecule is CCOC(=O)c1c(C)noc1C(=O)c1ccc(F)cc1.Cc1noc2c(-c3ccc(F)cc3)n[nH]c(=O)c12. The maximum Gasteiger partial charge on any atom is 0.344 e. The standard InChI is InChI=1S/C14H12FNO4.C12H8FN3O2/c1-3-19-14(18)11-8(2)16-20-13(11)12(17)9-4-6-10(15)7-5-9;1-6-9-11(18-16-6)10(14-15-12(9)17)7-2-4-8(13)5-3-7/h4-7H,3H2,1-2H3;2-5H,1H3,(H,15,17). The maximum atomic E-state index is 12.9. The quantitative estimate of drug-likeness (QED) is 0.260. The van der Waals surface area contributed by atoms with Gasteiger partial charge < -0.3 is 13.8 Å². The fourth-order valence-electron chi connectivity index (χ4n) is 3.52. The first-order chi connectivity index (χ1) is 18.2. The number of hydrogen-bond donors (Lipinski definition) is 1. The molecule has 5 rings (SSSR count). The Kier molecular flexibility index (Phi) is 7.51. The zero-order valence-corrected chi connectivity index (χ0v) is 20.4. The Morgan fingerprint density at radius 1 is 0.921 bits per heavy atom. The average Bonchev–Trinajstić information content (AvgIpc) is 3.49. The highest BCUT2D eigenvalue weighted by atomic mass is 19.1. The van der Waals surface area contributed by atoms with Crippen molar-refractivity contribution in [1.29, 1.82) is 0 Å². The van der Waals surface area contributed by atoms with Crippen LogP contribution >= 0.6 is 0 Å². The van der Waals surface area contributed by atoms with Crippen molar-refractivity contribution in [1.82, 2.24) is 20.5 Å². The highest BCUT2D eigenvalue weighted by molar-refractivity contribution is 6.12. The highest BCUT2D eigenvalue weighted by Gasteiger charge is 2.27. The van der Waals surface area contributed by atoms with E-state index in [9.17, 15) is 23.2 Å². The predicted octanol–water partition coefficient (Wildman–Crippen LogP) is 4.56. The lowest BCUT2D eigenvalue weighted by atomic mass is 10.0. The van der Waals surface area contributed by atoms with Gasteiger partial charge in [0.2, 0.25) is 17.1 Å². The molecule has 10 nitrogen and oxygen atoms in total. The van der Waals surface area contributed by atoms with Crippen LogP contribution in [0.3, 0.4) is 0 Å². The van der Waals surface area contributed by atoms with Crippen LogP contribution in [0.1, 0.15) is 44.8 Å². The Labute approximate surface area is 213 Å². The Morgan fingerprint density at radius 3 is 2.16 bits per heavy atom. The van der Waals surface area contributed by atoms with Crippen molar-refractivity contribution >= 4 is 22.7 Å². The van der Waals surface area contributed by atoms with E-state index in [2.05, 4.69) is 20.5 Å². The van der Waals surface area contributed by atoms with Gasteiger partial charge in [-0.15, -0.1) is 0 Å². The third kappa shape index (κ3) is 5.24. The number of carbonyl (C=O) groups is 2. The Balaban J connectivity index is 0.000000178. The fourth-order valence-corrected chi connectivity index (χ4v) is 3.52. The zero-order chi connectivity index (χ0) is 27.4. The lowest BCUT2D eigenvalue weighted by molar-refractivity contribution is 0.0521. The van der Waals surface area contributed by atoms with E-state index in [1.165, 1.54) is 31.2 Å². The summed E-state index contributed by atoms with van der Waals surface area (Å²) in [6.45, 7) is 5.04. The molecule has 0 spiro atoms. The monoisotopic (exact) mass is 522 g/mol. The minimum Gasteiger partial charge on any atom is -0.462 e. The van der Waals surface area contributed by atoms with Crippen molar-refractivity contribution in [2.45, 2.75) is 20.8 Å². The van der Waals surface area contributed by atoms with Crippen molar-refractivity contribution in [2.75, 3.05) is 6.61 Å². The van der Waals surface area contributed by atoms with E-state index in [1.54, 1.807) is 26.0 Å². The number of ether oxygens (including phenoxy) is 1. The second-order valence-electron chi connectivity index (χ2n) is 7.91. The van der Waals surface area contributed by atoms with Gasteiger partial charge >= 0.3 is 5.97 Å². The van der Waals surface area contributed by atoms with Crippen molar-refractivity contribution in [2.24, 2.45) is 0 Å². The van der Waals surface area contributed by atoms with E-state index in [-0.39, 0.29) is 40.6 Å². The summed E-state index contributed by atoms with van der Waals surface area (Å²) in [6.07, 6.45) is 0. The van der Waals surface area contributed by atoms with E-state index in [4.69, 9.17) is 13.8 Å². The first kappa shape index (κ1) is 26.1. The molecule has 0 saturated heterocycles. The van der Waals surface area contributed by atoms with E-state index in [0.717, 1.165) is 12.1 Å². The van der Waals surface area contributed by atoms with Gasteiger partial charge in [0.1, 0.15) is 28.3 Å². The summed E-state index contributed by atoms with van der Waals surface area (Å²) in [5.74, 6) is -2.22. The summed E-state index contributed by atoms with van der Waals surface area (Å²) < 4.78 is 40.6. The third-order valence-electron chi connectivity index (χ3n) is 5.35. The molecule has 0 aliphatic rings. The molecule has 1 N–H and O–H groups in total. The van der Waals surface area contributed by atoms with Crippen LogP contribution in [0.15, 0.2) is 62.4 Å². The topological polar surface area (TPSA) is 141 Å². The van der Waals surface area contributed by atoms with Crippen LogP contribution in [-0.2, 0) is 4.74 Å². The molecule has 3 heterocycles. The number of hydrogen-bond acceptors (Lipinski definition) is 9.